The second kappa shape index (κ2) is 8.45. The Morgan fingerprint density at radius 1 is 1.00 bits per heavy atom. The van der Waals surface area contributed by atoms with E-state index < -0.39 is 0 Å². The minimum Gasteiger partial charge on any atom is -0.266 e. The van der Waals surface area contributed by atoms with Crippen molar-refractivity contribution < 1.29 is 0 Å². The average Bonchev–Trinajstić information content (AvgIpc) is 2.75. The summed E-state index contributed by atoms with van der Waals surface area (Å²) in [5.74, 6) is 0.959. The molecule has 0 bridgehead atoms. The number of rotatable bonds is 9. The van der Waals surface area contributed by atoms with Crippen molar-refractivity contribution >= 4 is 0 Å². The molecule has 0 aliphatic carbocycles. The quantitative estimate of drug-likeness (QED) is 0.632. The van der Waals surface area contributed by atoms with E-state index in [4.69, 9.17) is 0 Å². The zero-order valence-corrected chi connectivity index (χ0v) is 9.84. The van der Waals surface area contributed by atoms with Crippen LogP contribution in [0.1, 0.15) is 64.1 Å². The lowest BCUT2D eigenvalue weighted by Gasteiger charge is -1.99. The Kier molecular flexibility index (Phi) is 6.88. The zero-order chi connectivity index (χ0) is 10.8. The molecule has 86 valence electrons. The van der Waals surface area contributed by atoms with Gasteiger partial charge in [0.15, 0.2) is 0 Å². The molecule has 3 heteroatoms. The van der Waals surface area contributed by atoms with Crippen LogP contribution >= 0.6 is 0 Å². The van der Waals surface area contributed by atoms with Crippen molar-refractivity contribution in [3.8, 4) is 0 Å². The Morgan fingerprint density at radius 3 is 2.27 bits per heavy atom. The zero-order valence-electron chi connectivity index (χ0n) is 9.84. The molecule has 0 aliphatic heterocycles. The Labute approximate surface area is 92.7 Å². The maximum atomic E-state index is 4.11. The van der Waals surface area contributed by atoms with Gasteiger partial charge in [0.25, 0.3) is 0 Å². The molecular formula is C12H23N3. The van der Waals surface area contributed by atoms with Crippen molar-refractivity contribution in [2.24, 2.45) is 0 Å². The SMILES string of the molecule is CCCCCCCCCCc1nc[nH]n1. The normalized spacial score (nSPS) is 10.7. The second-order valence-electron chi connectivity index (χ2n) is 4.14. The lowest BCUT2D eigenvalue weighted by molar-refractivity contribution is 0.572. The molecule has 3 nitrogen and oxygen atoms in total. The van der Waals surface area contributed by atoms with E-state index in [0.717, 1.165) is 12.2 Å². The van der Waals surface area contributed by atoms with Gasteiger partial charge in [-0.05, 0) is 6.42 Å². The number of hydrogen-bond acceptors (Lipinski definition) is 2. The highest BCUT2D eigenvalue weighted by Gasteiger charge is 1.96. The fourth-order valence-electron chi connectivity index (χ4n) is 1.77. The van der Waals surface area contributed by atoms with Crippen LogP contribution in [0.2, 0.25) is 0 Å². The van der Waals surface area contributed by atoms with Crippen LogP contribution in [0, 0.1) is 0 Å². The molecule has 0 saturated heterocycles. The lowest BCUT2D eigenvalue weighted by atomic mass is 10.1. The van der Waals surface area contributed by atoms with Gasteiger partial charge in [0, 0.05) is 6.42 Å². The molecule has 0 spiro atoms. The summed E-state index contributed by atoms with van der Waals surface area (Å²) in [6.07, 6.45) is 13.6. The predicted molar refractivity (Wildman–Crippen MR) is 62.7 cm³/mol. The molecule has 1 rings (SSSR count). The highest BCUT2D eigenvalue weighted by molar-refractivity contribution is 4.79. The first-order valence-corrected chi connectivity index (χ1v) is 6.28. The smallest absolute Gasteiger partial charge is 0.150 e. The summed E-state index contributed by atoms with van der Waals surface area (Å²) < 4.78 is 0. The largest absolute Gasteiger partial charge is 0.266 e. The molecule has 0 aliphatic rings. The molecule has 0 fully saturated rings. The Morgan fingerprint density at radius 2 is 1.67 bits per heavy atom. The van der Waals surface area contributed by atoms with E-state index in [1.54, 1.807) is 6.33 Å². The summed E-state index contributed by atoms with van der Waals surface area (Å²) in [6.45, 7) is 2.26. The van der Waals surface area contributed by atoms with Crippen LogP contribution in [0.5, 0.6) is 0 Å². The van der Waals surface area contributed by atoms with Crippen LogP contribution in [0.25, 0.3) is 0 Å². The molecule has 0 amide bonds. The number of H-pyrrole nitrogens is 1. The Balaban J connectivity index is 1.81. The summed E-state index contributed by atoms with van der Waals surface area (Å²) in [6, 6.07) is 0. The first-order valence-electron chi connectivity index (χ1n) is 6.28. The van der Waals surface area contributed by atoms with E-state index in [-0.39, 0.29) is 0 Å². The Hall–Kier alpha value is -0.860. The fraction of sp³-hybridized carbons (Fsp3) is 0.833. The maximum Gasteiger partial charge on any atom is 0.150 e. The second-order valence-corrected chi connectivity index (χ2v) is 4.14. The summed E-state index contributed by atoms with van der Waals surface area (Å²) in [5, 5.41) is 6.78. The molecule has 0 aromatic carbocycles. The summed E-state index contributed by atoms with van der Waals surface area (Å²) in [7, 11) is 0. The van der Waals surface area contributed by atoms with Gasteiger partial charge in [-0.25, -0.2) is 4.98 Å². The fourth-order valence-corrected chi connectivity index (χ4v) is 1.77. The van der Waals surface area contributed by atoms with Gasteiger partial charge in [0.05, 0.1) is 0 Å². The average molecular weight is 209 g/mol. The molecule has 0 radical (unpaired) electrons. The summed E-state index contributed by atoms with van der Waals surface area (Å²) >= 11 is 0. The number of aryl methyl sites for hydroxylation is 1. The van der Waals surface area contributed by atoms with Gasteiger partial charge in [0.1, 0.15) is 12.2 Å². The summed E-state index contributed by atoms with van der Waals surface area (Å²) in [4.78, 5) is 4.11. The van der Waals surface area contributed by atoms with Gasteiger partial charge in [-0.15, -0.1) is 0 Å². The molecule has 0 saturated carbocycles. The van der Waals surface area contributed by atoms with Crippen LogP contribution in [-0.2, 0) is 6.42 Å². The monoisotopic (exact) mass is 209 g/mol. The van der Waals surface area contributed by atoms with Crippen molar-refractivity contribution in [1.29, 1.82) is 0 Å². The van der Waals surface area contributed by atoms with Gasteiger partial charge in [-0.1, -0.05) is 51.9 Å². The number of unbranched alkanes of at least 4 members (excludes halogenated alkanes) is 7. The van der Waals surface area contributed by atoms with E-state index in [2.05, 4.69) is 22.1 Å². The molecule has 0 atom stereocenters. The topological polar surface area (TPSA) is 41.6 Å². The molecular weight excluding hydrogens is 186 g/mol. The minimum absolute atomic E-state index is 0.959. The third-order valence-corrected chi connectivity index (χ3v) is 2.72. The maximum absolute atomic E-state index is 4.11. The first kappa shape index (κ1) is 12.2. The van der Waals surface area contributed by atoms with Crippen LogP contribution in [0.3, 0.4) is 0 Å². The van der Waals surface area contributed by atoms with Crippen molar-refractivity contribution in [2.75, 3.05) is 0 Å². The van der Waals surface area contributed by atoms with E-state index in [1.807, 2.05) is 0 Å². The number of nitrogens with one attached hydrogen (secondary N) is 1. The number of aromatic amines is 1. The summed E-state index contributed by atoms with van der Waals surface area (Å²) in [5.41, 5.74) is 0. The first-order chi connectivity index (χ1) is 7.43. The van der Waals surface area contributed by atoms with E-state index >= 15 is 0 Å². The van der Waals surface area contributed by atoms with Gasteiger partial charge in [-0.3, -0.25) is 5.10 Å². The van der Waals surface area contributed by atoms with Crippen molar-refractivity contribution in [2.45, 2.75) is 64.7 Å². The van der Waals surface area contributed by atoms with Gasteiger partial charge in [-0.2, -0.15) is 5.10 Å². The van der Waals surface area contributed by atoms with Crippen molar-refractivity contribution in [3.05, 3.63) is 12.2 Å². The van der Waals surface area contributed by atoms with Crippen molar-refractivity contribution in [3.63, 3.8) is 0 Å². The van der Waals surface area contributed by atoms with E-state index in [1.165, 1.54) is 51.4 Å². The third-order valence-electron chi connectivity index (χ3n) is 2.72. The number of hydrogen-bond donors (Lipinski definition) is 1. The van der Waals surface area contributed by atoms with Gasteiger partial charge >= 0.3 is 0 Å². The van der Waals surface area contributed by atoms with Crippen LogP contribution in [0.4, 0.5) is 0 Å². The minimum atomic E-state index is 0.959. The molecule has 15 heavy (non-hydrogen) atoms. The Bertz CT molecular complexity index is 219. The number of nitrogens with zero attached hydrogens (tertiary/aromatic N) is 2. The van der Waals surface area contributed by atoms with Crippen molar-refractivity contribution in [1.82, 2.24) is 15.2 Å². The molecule has 1 N–H and O–H groups in total. The third kappa shape index (κ3) is 6.26. The molecule has 0 unspecified atom stereocenters. The molecule has 1 heterocycles. The lowest BCUT2D eigenvalue weighted by Crippen LogP contribution is -1.89. The predicted octanol–water partition coefficient (Wildman–Crippen LogP) is 3.49. The highest BCUT2D eigenvalue weighted by atomic mass is 15.2. The highest BCUT2D eigenvalue weighted by Crippen LogP contribution is 2.09. The van der Waals surface area contributed by atoms with Crippen LogP contribution < -0.4 is 0 Å². The van der Waals surface area contributed by atoms with Crippen LogP contribution in [-0.4, -0.2) is 15.2 Å². The van der Waals surface area contributed by atoms with E-state index in [9.17, 15) is 0 Å². The van der Waals surface area contributed by atoms with Crippen LogP contribution in [0.15, 0.2) is 6.33 Å². The van der Waals surface area contributed by atoms with E-state index in [0.29, 0.717) is 0 Å². The van der Waals surface area contributed by atoms with Gasteiger partial charge in [0.2, 0.25) is 0 Å². The molecule has 1 aromatic heterocycles. The number of aromatic nitrogens is 3. The standard InChI is InChI=1S/C12H23N3/c1-2-3-4-5-6-7-8-9-10-12-13-11-14-15-12/h11H,2-10H2,1H3,(H,13,14,15). The molecule has 1 aromatic rings. The van der Waals surface area contributed by atoms with Gasteiger partial charge < -0.3 is 0 Å².